The molecule has 2 heterocycles. The van der Waals surface area contributed by atoms with E-state index in [1.165, 1.54) is 16.2 Å². The molecule has 3 aromatic rings. The topological polar surface area (TPSA) is 97.8 Å². The summed E-state index contributed by atoms with van der Waals surface area (Å²) in [5.74, 6) is 2.17. The number of nitrogens with zero attached hydrogens (tertiary/aromatic N) is 2. The van der Waals surface area contributed by atoms with Crippen molar-refractivity contribution in [2.45, 2.75) is 24.3 Å². The van der Waals surface area contributed by atoms with E-state index >= 15 is 0 Å². The van der Waals surface area contributed by atoms with Gasteiger partial charge in [0.05, 0.1) is 31.0 Å². The number of fused-ring (bicyclic) bond motifs is 1. The van der Waals surface area contributed by atoms with Gasteiger partial charge in [-0.15, -0.1) is 11.3 Å². The Balaban J connectivity index is 1.20. The minimum atomic E-state index is -0.305. The quantitative estimate of drug-likeness (QED) is 0.376. The van der Waals surface area contributed by atoms with E-state index in [-0.39, 0.29) is 30.7 Å². The molecule has 3 amide bonds. The fourth-order valence-corrected chi connectivity index (χ4v) is 5.37. The molecule has 1 N–H and O–H groups in total. The van der Waals surface area contributed by atoms with E-state index < -0.39 is 0 Å². The number of amides is 3. The average molecular weight is 512 g/mol. The van der Waals surface area contributed by atoms with Gasteiger partial charge >= 0.3 is 0 Å². The number of thioether (sulfide) groups is 1. The third-order valence-electron chi connectivity index (χ3n) is 5.39. The third-order valence-corrected chi connectivity index (χ3v) is 7.24. The first kappa shape index (κ1) is 24.7. The summed E-state index contributed by atoms with van der Waals surface area (Å²) in [5.41, 5.74) is 2.81. The van der Waals surface area contributed by atoms with Gasteiger partial charge in [-0.05, 0) is 36.2 Å². The lowest BCUT2D eigenvalue weighted by Crippen LogP contribution is -2.31. The Kier molecular flexibility index (Phi) is 8.04. The Labute approximate surface area is 211 Å². The van der Waals surface area contributed by atoms with Gasteiger partial charge in [-0.25, -0.2) is 4.98 Å². The Hall–Kier alpha value is -3.37. The molecule has 0 unspecified atom stereocenters. The van der Waals surface area contributed by atoms with Crippen molar-refractivity contribution >= 4 is 46.0 Å². The minimum Gasteiger partial charge on any atom is -0.497 e. The van der Waals surface area contributed by atoms with Crippen molar-refractivity contribution in [1.82, 2.24) is 9.88 Å². The number of hydrogen-bond donors (Lipinski definition) is 1. The van der Waals surface area contributed by atoms with Gasteiger partial charge in [0.2, 0.25) is 5.91 Å². The van der Waals surface area contributed by atoms with Crippen molar-refractivity contribution in [3.63, 3.8) is 0 Å². The Bertz CT molecular complexity index is 1190. The number of imide groups is 1. The zero-order valence-corrected chi connectivity index (χ0v) is 21.0. The molecule has 1 aliphatic heterocycles. The first-order chi connectivity index (χ1) is 17.0. The van der Waals surface area contributed by atoms with Crippen molar-refractivity contribution in [2.24, 2.45) is 0 Å². The molecule has 1 aromatic heterocycles. The predicted molar refractivity (Wildman–Crippen MR) is 136 cm³/mol. The smallest absolute Gasteiger partial charge is 0.261 e. The number of methoxy groups -OCH3 is 2. The van der Waals surface area contributed by atoms with Gasteiger partial charge in [0.25, 0.3) is 11.8 Å². The molecule has 0 aliphatic carbocycles. The summed E-state index contributed by atoms with van der Waals surface area (Å²) in [6.07, 6.45) is 0.574. The van der Waals surface area contributed by atoms with Crippen molar-refractivity contribution in [3.8, 4) is 11.5 Å². The molecule has 35 heavy (non-hydrogen) atoms. The van der Waals surface area contributed by atoms with Crippen LogP contribution in [0.4, 0.5) is 5.13 Å². The Morgan fingerprint density at radius 2 is 1.69 bits per heavy atom. The highest BCUT2D eigenvalue weighted by Crippen LogP contribution is 2.27. The van der Waals surface area contributed by atoms with Gasteiger partial charge in [0.15, 0.2) is 5.13 Å². The maximum Gasteiger partial charge on any atom is 0.261 e. The first-order valence-corrected chi connectivity index (χ1v) is 13.0. The van der Waals surface area contributed by atoms with E-state index in [1.807, 2.05) is 23.6 Å². The summed E-state index contributed by atoms with van der Waals surface area (Å²) in [5, 5.41) is 5.26. The van der Waals surface area contributed by atoms with E-state index in [0.29, 0.717) is 28.4 Å². The maximum absolute atomic E-state index is 12.4. The van der Waals surface area contributed by atoms with E-state index in [0.717, 1.165) is 28.5 Å². The van der Waals surface area contributed by atoms with E-state index in [4.69, 9.17) is 9.47 Å². The first-order valence-electron chi connectivity index (χ1n) is 11.0. The number of ether oxygens (including phenoxy) is 2. The molecule has 2 aromatic carbocycles. The van der Waals surface area contributed by atoms with Crippen LogP contribution >= 0.6 is 23.1 Å². The standard InChI is InChI=1S/C25H25N3O5S2/c1-32-18-10-16(11-19(12-18)33-2)13-34-14-17-15-35-25(26-17)27-22(29)8-5-9-28-23(30)20-6-3-4-7-21(20)24(28)31/h3-4,6-7,10-12,15H,5,8-9,13-14H2,1-2H3,(H,26,27,29). The molecular weight excluding hydrogens is 486 g/mol. The molecule has 10 heteroatoms. The number of aromatic nitrogens is 1. The van der Waals surface area contributed by atoms with Crippen molar-refractivity contribution in [1.29, 1.82) is 0 Å². The second kappa shape index (κ2) is 11.4. The van der Waals surface area contributed by atoms with Gasteiger partial charge in [-0.2, -0.15) is 11.8 Å². The fourth-order valence-electron chi connectivity index (χ4n) is 3.68. The molecular formula is C25H25N3O5S2. The summed E-state index contributed by atoms with van der Waals surface area (Å²) >= 11 is 3.08. The number of hydrogen-bond acceptors (Lipinski definition) is 8. The Morgan fingerprint density at radius 1 is 1.03 bits per heavy atom. The van der Waals surface area contributed by atoms with Gasteiger partial charge in [0, 0.05) is 35.9 Å². The summed E-state index contributed by atoms with van der Waals surface area (Å²) in [4.78, 5) is 42.8. The molecule has 0 saturated carbocycles. The highest BCUT2D eigenvalue weighted by molar-refractivity contribution is 7.97. The van der Waals surface area contributed by atoms with Crippen LogP contribution in [-0.4, -0.2) is 48.4 Å². The highest BCUT2D eigenvalue weighted by Gasteiger charge is 2.34. The monoisotopic (exact) mass is 511 g/mol. The molecule has 0 saturated heterocycles. The van der Waals surface area contributed by atoms with Gasteiger partial charge in [-0.1, -0.05) is 12.1 Å². The lowest BCUT2D eigenvalue weighted by molar-refractivity contribution is -0.116. The number of thiazole rings is 1. The molecule has 0 atom stereocenters. The minimum absolute atomic E-state index is 0.189. The van der Waals surface area contributed by atoms with Crippen LogP contribution in [0.15, 0.2) is 47.8 Å². The number of anilines is 1. The maximum atomic E-state index is 12.4. The number of carbonyl (C=O) groups is 3. The van der Waals surface area contributed by atoms with Crippen LogP contribution in [0.5, 0.6) is 11.5 Å². The van der Waals surface area contributed by atoms with Crippen LogP contribution in [-0.2, 0) is 16.3 Å². The summed E-state index contributed by atoms with van der Waals surface area (Å²) < 4.78 is 10.6. The summed E-state index contributed by atoms with van der Waals surface area (Å²) in [6.45, 7) is 0.203. The SMILES string of the molecule is COc1cc(CSCc2csc(NC(=O)CCCN3C(=O)c4ccccc4C3=O)n2)cc(OC)c1. The normalized spacial score (nSPS) is 12.6. The highest BCUT2D eigenvalue weighted by atomic mass is 32.2. The lowest BCUT2D eigenvalue weighted by Gasteiger charge is -2.13. The fraction of sp³-hybridized carbons (Fsp3) is 0.280. The summed E-state index contributed by atoms with van der Waals surface area (Å²) in [7, 11) is 3.25. The third kappa shape index (κ3) is 6.01. The summed E-state index contributed by atoms with van der Waals surface area (Å²) in [6, 6.07) is 12.6. The van der Waals surface area contributed by atoms with E-state index in [2.05, 4.69) is 10.3 Å². The van der Waals surface area contributed by atoms with E-state index in [1.54, 1.807) is 50.2 Å². The Morgan fingerprint density at radius 3 is 2.31 bits per heavy atom. The molecule has 182 valence electrons. The second-order valence-electron chi connectivity index (χ2n) is 7.82. The molecule has 0 spiro atoms. The van der Waals surface area contributed by atoms with Crippen LogP contribution in [0.2, 0.25) is 0 Å². The van der Waals surface area contributed by atoms with Crippen molar-refractivity contribution in [2.75, 3.05) is 26.1 Å². The molecule has 8 nitrogen and oxygen atoms in total. The molecule has 0 bridgehead atoms. The number of carbonyl (C=O) groups excluding carboxylic acids is 3. The largest absolute Gasteiger partial charge is 0.497 e. The van der Waals surface area contributed by atoms with Gasteiger partial charge < -0.3 is 14.8 Å². The second-order valence-corrected chi connectivity index (χ2v) is 9.66. The molecule has 4 rings (SSSR count). The molecule has 1 aliphatic rings. The average Bonchev–Trinajstić information content (AvgIpc) is 3.41. The number of rotatable bonds is 11. The zero-order valence-electron chi connectivity index (χ0n) is 19.4. The van der Waals surface area contributed by atoms with E-state index in [9.17, 15) is 14.4 Å². The van der Waals surface area contributed by atoms with Crippen LogP contribution < -0.4 is 14.8 Å². The van der Waals surface area contributed by atoms with Gasteiger partial charge in [0.1, 0.15) is 11.5 Å². The molecule has 0 radical (unpaired) electrons. The van der Waals surface area contributed by atoms with Crippen LogP contribution in [0.25, 0.3) is 0 Å². The lowest BCUT2D eigenvalue weighted by atomic mass is 10.1. The van der Waals surface area contributed by atoms with Crippen molar-refractivity contribution < 1.29 is 23.9 Å². The van der Waals surface area contributed by atoms with Crippen molar-refractivity contribution in [3.05, 3.63) is 70.2 Å². The molecule has 0 fully saturated rings. The zero-order chi connectivity index (χ0) is 24.8. The van der Waals surface area contributed by atoms with Crippen LogP contribution in [0.1, 0.15) is 44.8 Å². The number of benzene rings is 2. The number of nitrogens with one attached hydrogen (secondary N) is 1. The van der Waals surface area contributed by atoms with Crippen LogP contribution in [0.3, 0.4) is 0 Å². The predicted octanol–water partition coefficient (Wildman–Crippen LogP) is 4.61. The van der Waals surface area contributed by atoms with Gasteiger partial charge in [-0.3, -0.25) is 19.3 Å². The van der Waals surface area contributed by atoms with Crippen LogP contribution in [0, 0.1) is 0 Å².